The maximum absolute atomic E-state index is 13.0. The molecule has 0 aromatic heterocycles. The predicted octanol–water partition coefficient (Wildman–Crippen LogP) is 2.50. The molecule has 1 aromatic rings. The van der Waals surface area contributed by atoms with Crippen LogP contribution in [0.1, 0.15) is 12.0 Å². The zero-order valence-electron chi connectivity index (χ0n) is 9.27. The van der Waals surface area contributed by atoms with Gasteiger partial charge in [0.25, 0.3) is 0 Å². The second kappa shape index (κ2) is 6.06. The van der Waals surface area contributed by atoms with Gasteiger partial charge < -0.3 is 13.8 Å². The zero-order valence-corrected chi connectivity index (χ0v) is 11.6. The maximum atomic E-state index is 13.0. The van der Waals surface area contributed by atoms with Gasteiger partial charge in [0.15, 0.2) is 0 Å². The minimum atomic E-state index is -0.224. The molecule has 17 heavy (non-hydrogen) atoms. The molecular formula is C11H15FO3P2. The molecule has 0 N–H and O–H groups in total. The topological polar surface area (TPSA) is 27.7 Å². The summed E-state index contributed by atoms with van der Waals surface area (Å²) in [5, 5.41) is 0. The molecular weight excluding hydrogens is 261 g/mol. The van der Waals surface area contributed by atoms with Crippen LogP contribution in [0.15, 0.2) is 18.2 Å². The molecule has 2 rings (SSSR count). The van der Waals surface area contributed by atoms with Crippen LogP contribution < -0.4 is 4.74 Å². The Morgan fingerprint density at radius 1 is 1.47 bits per heavy atom. The fraction of sp³-hybridized carbons (Fsp3) is 0.455. The SMILES string of the molecule is Fc1ccc2c(c1)CCC([C@H](COP)OP)O2. The lowest BCUT2D eigenvalue weighted by Gasteiger charge is -2.30. The van der Waals surface area contributed by atoms with Gasteiger partial charge in [0.2, 0.25) is 0 Å². The fourth-order valence-electron chi connectivity index (χ4n) is 1.97. The van der Waals surface area contributed by atoms with E-state index in [4.69, 9.17) is 13.8 Å². The molecule has 0 spiro atoms. The molecule has 1 aliphatic heterocycles. The third-order valence-electron chi connectivity index (χ3n) is 2.85. The first kappa shape index (κ1) is 13.2. The van der Waals surface area contributed by atoms with Gasteiger partial charge in [-0.15, -0.1) is 0 Å². The van der Waals surface area contributed by atoms with Gasteiger partial charge in [0.05, 0.1) is 6.61 Å². The van der Waals surface area contributed by atoms with E-state index in [1.807, 2.05) is 0 Å². The van der Waals surface area contributed by atoms with Crippen LogP contribution in [0.3, 0.4) is 0 Å². The van der Waals surface area contributed by atoms with Crippen LogP contribution in [-0.2, 0) is 15.5 Å². The molecule has 6 heteroatoms. The first-order valence-electron chi connectivity index (χ1n) is 5.37. The molecule has 1 aromatic carbocycles. The van der Waals surface area contributed by atoms with Crippen LogP contribution in [0.2, 0.25) is 0 Å². The molecule has 1 heterocycles. The molecule has 1 aliphatic rings. The first-order valence-corrected chi connectivity index (χ1v) is 6.31. The van der Waals surface area contributed by atoms with Gasteiger partial charge in [-0.05, 0) is 36.6 Å². The molecule has 0 saturated carbocycles. The van der Waals surface area contributed by atoms with Crippen molar-refractivity contribution in [3.8, 4) is 5.75 Å². The number of ether oxygens (including phenoxy) is 1. The highest BCUT2D eigenvalue weighted by Crippen LogP contribution is 2.30. The number of fused-ring (bicyclic) bond motifs is 1. The lowest BCUT2D eigenvalue weighted by Crippen LogP contribution is -2.37. The van der Waals surface area contributed by atoms with Crippen LogP contribution in [0, 0.1) is 5.82 Å². The van der Waals surface area contributed by atoms with E-state index in [9.17, 15) is 4.39 Å². The van der Waals surface area contributed by atoms with Gasteiger partial charge in [-0.1, -0.05) is 0 Å². The van der Waals surface area contributed by atoms with Crippen molar-refractivity contribution in [3.05, 3.63) is 29.6 Å². The zero-order chi connectivity index (χ0) is 12.3. The largest absolute Gasteiger partial charge is 0.487 e. The van der Waals surface area contributed by atoms with Crippen molar-refractivity contribution in [1.29, 1.82) is 0 Å². The van der Waals surface area contributed by atoms with Crippen LogP contribution in [0.25, 0.3) is 0 Å². The minimum absolute atomic E-state index is 0.0639. The summed E-state index contributed by atoms with van der Waals surface area (Å²) in [5.41, 5.74) is 0.913. The third-order valence-corrected chi connectivity index (χ3v) is 3.39. The number of hydrogen-bond donors (Lipinski definition) is 0. The molecule has 3 nitrogen and oxygen atoms in total. The maximum Gasteiger partial charge on any atom is 0.128 e. The number of aryl methyl sites for hydroxylation is 1. The Morgan fingerprint density at radius 3 is 3.00 bits per heavy atom. The van der Waals surface area contributed by atoms with E-state index in [0.717, 1.165) is 24.2 Å². The van der Waals surface area contributed by atoms with Crippen molar-refractivity contribution in [2.45, 2.75) is 25.0 Å². The number of benzene rings is 1. The summed E-state index contributed by atoms with van der Waals surface area (Å²) in [7, 11) is 4.43. The summed E-state index contributed by atoms with van der Waals surface area (Å²) >= 11 is 0. The molecule has 0 fully saturated rings. The standard InChI is InChI=1S/C11H15FO3P2/c12-8-2-4-9-7(5-8)1-3-10(14-9)11(15-17)6-13-16/h2,4-5,10-11H,1,3,6,16-17H2/t10?,11-/m0/s1. The minimum Gasteiger partial charge on any atom is -0.487 e. The van der Waals surface area contributed by atoms with Crippen molar-refractivity contribution in [1.82, 2.24) is 0 Å². The van der Waals surface area contributed by atoms with Gasteiger partial charge in [0.1, 0.15) is 23.8 Å². The van der Waals surface area contributed by atoms with E-state index < -0.39 is 0 Å². The second-order valence-corrected chi connectivity index (χ2v) is 4.56. The predicted molar refractivity (Wildman–Crippen MR) is 69.4 cm³/mol. The summed E-state index contributed by atoms with van der Waals surface area (Å²) in [6.45, 7) is 0.440. The van der Waals surface area contributed by atoms with Crippen molar-refractivity contribution in [3.63, 3.8) is 0 Å². The van der Waals surface area contributed by atoms with E-state index in [1.165, 1.54) is 12.1 Å². The summed E-state index contributed by atoms with van der Waals surface area (Å²) in [4.78, 5) is 0. The third kappa shape index (κ3) is 3.14. The van der Waals surface area contributed by atoms with Crippen molar-refractivity contribution in [2.75, 3.05) is 6.61 Å². The van der Waals surface area contributed by atoms with Crippen LogP contribution >= 0.6 is 18.9 Å². The Balaban J connectivity index is 2.09. The Hall–Kier alpha value is -0.270. The molecule has 0 aliphatic carbocycles. The Kier molecular flexibility index (Phi) is 4.69. The van der Waals surface area contributed by atoms with Crippen molar-refractivity contribution in [2.24, 2.45) is 0 Å². The van der Waals surface area contributed by atoms with Crippen LogP contribution in [-0.4, -0.2) is 18.8 Å². The number of halogens is 1. The fourth-order valence-corrected chi connectivity index (χ4v) is 2.41. The van der Waals surface area contributed by atoms with Crippen molar-refractivity contribution >= 4 is 18.9 Å². The summed E-state index contributed by atoms with van der Waals surface area (Å²) in [5.74, 6) is 0.511. The lowest BCUT2D eigenvalue weighted by molar-refractivity contribution is 0.0272. The number of rotatable bonds is 4. The second-order valence-electron chi connectivity index (χ2n) is 3.95. The first-order chi connectivity index (χ1) is 8.24. The molecule has 0 radical (unpaired) electrons. The van der Waals surface area contributed by atoms with Gasteiger partial charge in [-0.2, -0.15) is 0 Å². The highest BCUT2D eigenvalue weighted by atomic mass is 31.0. The van der Waals surface area contributed by atoms with E-state index in [0.29, 0.717) is 6.61 Å². The van der Waals surface area contributed by atoms with Gasteiger partial charge >= 0.3 is 0 Å². The van der Waals surface area contributed by atoms with Crippen LogP contribution in [0.4, 0.5) is 4.39 Å². The number of hydrogen-bond acceptors (Lipinski definition) is 3. The summed E-state index contributed by atoms with van der Waals surface area (Å²) < 4.78 is 29.1. The Labute approximate surface area is 105 Å². The molecule has 4 atom stereocenters. The van der Waals surface area contributed by atoms with Gasteiger partial charge in [0, 0.05) is 18.9 Å². The normalized spacial score (nSPS) is 20.5. The molecule has 0 saturated heterocycles. The van der Waals surface area contributed by atoms with E-state index in [2.05, 4.69) is 18.9 Å². The quantitative estimate of drug-likeness (QED) is 0.791. The monoisotopic (exact) mass is 276 g/mol. The van der Waals surface area contributed by atoms with E-state index >= 15 is 0 Å². The smallest absolute Gasteiger partial charge is 0.128 e. The van der Waals surface area contributed by atoms with E-state index in [-0.39, 0.29) is 18.0 Å². The van der Waals surface area contributed by atoms with Crippen molar-refractivity contribution < 1.29 is 18.2 Å². The van der Waals surface area contributed by atoms with Gasteiger partial charge in [-0.3, -0.25) is 0 Å². The Bertz CT molecular complexity index is 389. The molecule has 3 unspecified atom stereocenters. The summed E-state index contributed by atoms with van der Waals surface area (Å²) in [6, 6.07) is 4.59. The lowest BCUT2D eigenvalue weighted by atomic mass is 9.99. The highest BCUT2D eigenvalue weighted by molar-refractivity contribution is 7.10. The average Bonchev–Trinajstić information content (AvgIpc) is 2.35. The van der Waals surface area contributed by atoms with Crippen LogP contribution in [0.5, 0.6) is 5.75 Å². The molecule has 94 valence electrons. The Morgan fingerprint density at radius 2 is 2.29 bits per heavy atom. The van der Waals surface area contributed by atoms with E-state index in [1.54, 1.807) is 6.07 Å². The summed E-state index contributed by atoms with van der Waals surface area (Å²) in [6.07, 6.45) is 1.38. The molecule has 0 amide bonds. The average molecular weight is 276 g/mol. The molecule has 0 bridgehead atoms. The highest BCUT2D eigenvalue weighted by Gasteiger charge is 2.28. The van der Waals surface area contributed by atoms with Gasteiger partial charge in [-0.25, -0.2) is 4.39 Å².